The Balaban J connectivity index is 1.69. The number of benzene rings is 3. The summed E-state index contributed by atoms with van der Waals surface area (Å²) in [6.45, 7) is 4.73. The average molecular weight is 445 g/mol. The highest BCUT2D eigenvalue weighted by Crippen LogP contribution is 2.55. The quantitative estimate of drug-likeness (QED) is 0.442. The first-order valence-electron chi connectivity index (χ1n) is 10.9. The van der Waals surface area contributed by atoms with Crippen LogP contribution in [0.15, 0.2) is 91.0 Å². The van der Waals surface area contributed by atoms with E-state index in [1.54, 1.807) is 11.9 Å². The summed E-state index contributed by atoms with van der Waals surface area (Å²) in [6, 6.07) is 29.2. The first-order valence-corrected chi connectivity index (χ1v) is 11.7. The SMILES string of the molecule is CC(C)[C@@H]1N(c2ccccc2)C(=O)[C@@]1(SC(=O)N(C)Cc1ccccc1)c1ccccc1. The largest absolute Gasteiger partial charge is 0.332 e. The summed E-state index contributed by atoms with van der Waals surface area (Å²) in [5, 5.41) is -0.107. The smallest absolute Gasteiger partial charge is 0.283 e. The predicted molar refractivity (Wildman–Crippen MR) is 132 cm³/mol. The molecule has 0 unspecified atom stereocenters. The van der Waals surface area contributed by atoms with Crippen molar-refractivity contribution in [2.24, 2.45) is 5.92 Å². The summed E-state index contributed by atoms with van der Waals surface area (Å²) in [7, 11) is 1.80. The molecule has 0 aliphatic carbocycles. The van der Waals surface area contributed by atoms with Gasteiger partial charge in [0, 0.05) is 19.3 Å². The van der Waals surface area contributed by atoms with Crippen molar-refractivity contribution >= 4 is 28.6 Å². The van der Waals surface area contributed by atoms with E-state index in [0.717, 1.165) is 28.6 Å². The van der Waals surface area contributed by atoms with Gasteiger partial charge in [-0.15, -0.1) is 0 Å². The third-order valence-electron chi connectivity index (χ3n) is 5.92. The lowest BCUT2D eigenvalue weighted by Crippen LogP contribution is -2.72. The van der Waals surface area contributed by atoms with E-state index in [0.29, 0.717) is 6.54 Å². The van der Waals surface area contributed by atoms with Crippen LogP contribution in [-0.2, 0) is 16.1 Å². The molecule has 3 aromatic carbocycles. The molecule has 0 bridgehead atoms. The highest BCUT2D eigenvalue weighted by atomic mass is 32.2. The Kier molecular flexibility index (Phi) is 6.38. The van der Waals surface area contributed by atoms with E-state index in [1.807, 2.05) is 95.9 Å². The van der Waals surface area contributed by atoms with Crippen LogP contribution in [0.3, 0.4) is 0 Å². The van der Waals surface area contributed by atoms with Gasteiger partial charge in [0.05, 0.1) is 6.04 Å². The minimum Gasteiger partial charge on any atom is -0.332 e. The molecule has 2 atom stereocenters. The van der Waals surface area contributed by atoms with Gasteiger partial charge in [-0.2, -0.15) is 0 Å². The van der Waals surface area contributed by atoms with Gasteiger partial charge in [0.25, 0.3) is 11.1 Å². The number of carbonyl (C=O) groups is 2. The Morgan fingerprint density at radius 1 is 0.938 bits per heavy atom. The van der Waals surface area contributed by atoms with Crippen LogP contribution in [0, 0.1) is 5.92 Å². The van der Waals surface area contributed by atoms with E-state index in [2.05, 4.69) is 13.8 Å². The Morgan fingerprint density at radius 3 is 2.03 bits per heavy atom. The lowest BCUT2D eigenvalue weighted by molar-refractivity contribution is -0.129. The van der Waals surface area contributed by atoms with E-state index in [-0.39, 0.29) is 23.1 Å². The van der Waals surface area contributed by atoms with Crippen molar-refractivity contribution < 1.29 is 9.59 Å². The second-order valence-corrected chi connectivity index (χ2v) is 9.71. The monoisotopic (exact) mass is 444 g/mol. The number of thioether (sulfide) groups is 1. The van der Waals surface area contributed by atoms with Crippen molar-refractivity contribution in [1.29, 1.82) is 0 Å². The van der Waals surface area contributed by atoms with Gasteiger partial charge in [-0.05, 0) is 40.9 Å². The first-order chi connectivity index (χ1) is 15.4. The summed E-state index contributed by atoms with van der Waals surface area (Å²) in [5.74, 6) is 0.118. The number of nitrogens with zero attached hydrogens (tertiary/aromatic N) is 2. The number of para-hydroxylation sites is 1. The van der Waals surface area contributed by atoms with E-state index < -0.39 is 4.75 Å². The number of anilines is 1. The topological polar surface area (TPSA) is 40.6 Å². The normalized spacial score (nSPS) is 20.2. The molecule has 32 heavy (non-hydrogen) atoms. The maximum atomic E-state index is 13.9. The van der Waals surface area contributed by atoms with Crippen molar-refractivity contribution in [3.63, 3.8) is 0 Å². The molecule has 0 radical (unpaired) electrons. The van der Waals surface area contributed by atoms with Crippen molar-refractivity contribution in [3.05, 3.63) is 102 Å². The number of carbonyl (C=O) groups excluding carboxylic acids is 2. The summed E-state index contributed by atoms with van der Waals surface area (Å²) < 4.78 is -0.951. The molecule has 1 heterocycles. The van der Waals surface area contributed by atoms with Gasteiger partial charge < -0.3 is 9.80 Å². The second kappa shape index (κ2) is 9.21. The lowest BCUT2D eigenvalue weighted by atomic mass is 9.74. The van der Waals surface area contributed by atoms with Gasteiger partial charge >= 0.3 is 0 Å². The highest BCUT2D eigenvalue weighted by molar-refractivity contribution is 8.15. The maximum absolute atomic E-state index is 13.9. The van der Waals surface area contributed by atoms with E-state index in [4.69, 9.17) is 0 Å². The van der Waals surface area contributed by atoms with Crippen LogP contribution in [-0.4, -0.2) is 29.1 Å². The van der Waals surface area contributed by atoms with Crippen molar-refractivity contribution in [2.45, 2.75) is 31.2 Å². The molecule has 5 heteroatoms. The minimum atomic E-state index is -0.951. The average Bonchev–Trinajstić information content (AvgIpc) is 2.82. The third-order valence-corrected chi connectivity index (χ3v) is 7.38. The van der Waals surface area contributed by atoms with Gasteiger partial charge in [0.1, 0.15) is 4.75 Å². The standard InChI is InChI=1S/C27H28N2O2S/c1-20(2)24-27(22-15-9-5-10-16-22,25(30)29(24)23-17-11-6-12-18-23)32-26(31)28(3)19-21-13-7-4-8-14-21/h4-18,20,24H,19H2,1-3H3/t24-,27+/m0/s1. The van der Waals surface area contributed by atoms with Gasteiger partial charge in [-0.3, -0.25) is 9.59 Å². The fraction of sp³-hybridized carbons (Fsp3) is 0.259. The lowest BCUT2D eigenvalue weighted by Gasteiger charge is -2.57. The van der Waals surface area contributed by atoms with Gasteiger partial charge in [0.2, 0.25) is 0 Å². The Bertz CT molecular complexity index is 1070. The van der Waals surface area contributed by atoms with Crippen molar-refractivity contribution in [3.8, 4) is 0 Å². The Hall–Kier alpha value is -3.05. The van der Waals surface area contributed by atoms with Crippen molar-refractivity contribution in [2.75, 3.05) is 11.9 Å². The van der Waals surface area contributed by atoms with Crippen LogP contribution in [0.5, 0.6) is 0 Å². The molecular weight excluding hydrogens is 416 g/mol. The van der Waals surface area contributed by atoms with Crippen LogP contribution in [0.2, 0.25) is 0 Å². The molecule has 1 fully saturated rings. The van der Waals surface area contributed by atoms with Crippen LogP contribution in [0.1, 0.15) is 25.0 Å². The molecule has 164 valence electrons. The van der Waals surface area contributed by atoms with Crippen LogP contribution >= 0.6 is 11.8 Å². The molecule has 4 nitrogen and oxygen atoms in total. The first kappa shape index (κ1) is 22.2. The zero-order chi connectivity index (χ0) is 22.7. The minimum absolute atomic E-state index is 0.0416. The highest BCUT2D eigenvalue weighted by Gasteiger charge is 2.64. The molecule has 3 aromatic rings. The van der Waals surface area contributed by atoms with E-state index >= 15 is 0 Å². The Labute approximate surface area is 194 Å². The van der Waals surface area contributed by atoms with Crippen LogP contribution in [0.25, 0.3) is 0 Å². The number of rotatable bonds is 6. The summed E-state index contributed by atoms with van der Waals surface area (Å²) >= 11 is 1.15. The molecule has 0 saturated carbocycles. The number of hydrogen-bond donors (Lipinski definition) is 0. The van der Waals surface area contributed by atoms with Gasteiger partial charge in [0.15, 0.2) is 0 Å². The van der Waals surface area contributed by atoms with E-state index in [1.165, 1.54) is 0 Å². The fourth-order valence-electron chi connectivity index (χ4n) is 4.46. The molecule has 0 N–H and O–H groups in total. The summed E-state index contributed by atoms with van der Waals surface area (Å²) in [5.41, 5.74) is 2.81. The predicted octanol–water partition coefficient (Wildman–Crippen LogP) is 5.94. The molecular formula is C27H28N2O2S. The number of hydrogen-bond acceptors (Lipinski definition) is 3. The summed E-state index contributed by atoms with van der Waals surface area (Å²) in [6.07, 6.45) is 0. The maximum Gasteiger partial charge on any atom is 0.283 e. The molecule has 4 rings (SSSR count). The van der Waals surface area contributed by atoms with Crippen LogP contribution in [0.4, 0.5) is 10.5 Å². The zero-order valence-electron chi connectivity index (χ0n) is 18.6. The van der Waals surface area contributed by atoms with Gasteiger partial charge in [-0.25, -0.2) is 0 Å². The summed E-state index contributed by atoms with van der Waals surface area (Å²) in [4.78, 5) is 30.8. The molecule has 0 spiro atoms. The molecule has 2 amide bonds. The zero-order valence-corrected chi connectivity index (χ0v) is 19.5. The fourth-order valence-corrected chi connectivity index (χ4v) is 5.90. The molecule has 1 aliphatic rings. The third kappa shape index (κ3) is 3.93. The van der Waals surface area contributed by atoms with E-state index in [9.17, 15) is 9.59 Å². The Morgan fingerprint density at radius 2 is 1.47 bits per heavy atom. The molecule has 0 aromatic heterocycles. The van der Waals surface area contributed by atoms with Crippen LogP contribution < -0.4 is 4.90 Å². The number of β-lactam (4-membered cyclic amide) rings is 1. The molecule has 1 saturated heterocycles. The number of amides is 2. The molecule has 1 aliphatic heterocycles. The second-order valence-electron chi connectivity index (χ2n) is 8.51. The van der Waals surface area contributed by atoms with Gasteiger partial charge in [-0.1, -0.05) is 92.7 Å². The van der Waals surface area contributed by atoms with Crippen molar-refractivity contribution in [1.82, 2.24) is 4.90 Å².